The van der Waals surface area contributed by atoms with Crippen LogP contribution in [-0.2, 0) is 4.79 Å². The van der Waals surface area contributed by atoms with Crippen molar-refractivity contribution in [3.05, 3.63) is 35.4 Å². The Morgan fingerprint density at radius 1 is 1.15 bits per heavy atom. The lowest BCUT2D eigenvalue weighted by molar-refractivity contribution is -0.125. The van der Waals surface area contributed by atoms with Crippen molar-refractivity contribution < 1.29 is 4.79 Å². The number of rotatable bonds is 7. The van der Waals surface area contributed by atoms with Gasteiger partial charge in [0.05, 0.1) is 6.04 Å². The molecule has 1 unspecified atom stereocenters. The Morgan fingerprint density at radius 2 is 1.70 bits per heavy atom. The van der Waals surface area contributed by atoms with E-state index >= 15 is 0 Å². The van der Waals surface area contributed by atoms with E-state index < -0.39 is 0 Å². The lowest BCUT2D eigenvalue weighted by Crippen LogP contribution is -2.37. The van der Waals surface area contributed by atoms with Crippen LogP contribution in [0.15, 0.2) is 24.3 Å². The van der Waals surface area contributed by atoms with Crippen LogP contribution in [0, 0.1) is 12.8 Å². The van der Waals surface area contributed by atoms with E-state index in [0.29, 0.717) is 6.54 Å². The first-order chi connectivity index (χ1) is 9.49. The largest absolute Gasteiger partial charge is 0.354 e. The summed E-state index contributed by atoms with van der Waals surface area (Å²) < 4.78 is 0. The SMILES string of the molecule is CCC(CC)C(=O)NCC(c1ccc(C)cc1)N(C)C. The number of hydrogen-bond acceptors (Lipinski definition) is 2. The van der Waals surface area contributed by atoms with Gasteiger partial charge in [0, 0.05) is 12.5 Å². The summed E-state index contributed by atoms with van der Waals surface area (Å²) in [6.45, 7) is 6.88. The van der Waals surface area contributed by atoms with Gasteiger partial charge in [0.2, 0.25) is 5.91 Å². The topological polar surface area (TPSA) is 32.3 Å². The molecular formula is C17H28N2O. The van der Waals surface area contributed by atoms with Crippen molar-refractivity contribution in [1.82, 2.24) is 10.2 Å². The summed E-state index contributed by atoms with van der Waals surface area (Å²) in [5.41, 5.74) is 2.50. The van der Waals surface area contributed by atoms with Gasteiger partial charge in [0.25, 0.3) is 0 Å². The number of carbonyl (C=O) groups is 1. The minimum atomic E-state index is 0.135. The highest BCUT2D eigenvalue weighted by molar-refractivity contribution is 5.78. The molecule has 112 valence electrons. The molecule has 3 nitrogen and oxygen atoms in total. The maximum atomic E-state index is 12.1. The predicted octanol–water partition coefficient (Wildman–Crippen LogP) is 3.15. The summed E-state index contributed by atoms with van der Waals surface area (Å²) in [7, 11) is 4.10. The zero-order chi connectivity index (χ0) is 15.1. The molecule has 1 rings (SSSR count). The van der Waals surface area contributed by atoms with E-state index in [1.165, 1.54) is 11.1 Å². The molecule has 0 heterocycles. The molecule has 0 saturated carbocycles. The smallest absolute Gasteiger partial charge is 0.223 e. The van der Waals surface area contributed by atoms with Crippen LogP contribution in [0.3, 0.4) is 0 Å². The molecule has 0 fully saturated rings. The molecule has 0 aromatic heterocycles. The highest BCUT2D eigenvalue weighted by Gasteiger charge is 2.18. The molecule has 0 aliphatic heterocycles. The maximum Gasteiger partial charge on any atom is 0.223 e. The molecule has 0 radical (unpaired) electrons. The van der Waals surface area contributed by atoms with Crippen molar-refractivity contribution >= 4 is 5.91 Å². The Bertz CT molecular complexity index is 408. The van der Waals surface area contributed by atoms with Gasteiger partial charge >= 0.3 is 0 Å². The van der Waals surface area contributed by atoms with E-state index in [1.54, 1.807) is 0 Å². The first-order valence-electron chi connectivity index (χ1n) is 7.50. The van der Waals surface area contributed by atoms with Gasteiger partial charge < -0.3 is 10.2 Å². The molecule has 1 atom stereocenters. The van der Waals surface area contributed by atoms with Gasteiger partial charge in [-0.3, -0.25) is 4.79 Å². The van der Waals surface area contributed by atoms with Gasteiger partial charge in [0.15, 0.2) is 0 Å². The quantitative estimate of drug-likeness (QED) is 0.829. The second-order valence-corrected chi connectivity index (χ2v) is 5.65. The molecule has 0 bridgehead atoms. The van der Waals surface area contributed by atoms with Gasteiger partial charge in [-0.2, -0.15) is 0 Å². The van der Waals surface area contributed by atoms with E-state index in [9.17, 15) is 4.79 Å². The molecule has 0 aliphatic rings. The number of aryl methyl sites for hydroxylation is 1. The number of carbonyl (C=O) groups excluding carboxylic acids is 1. The summed E-state index contributed by atoms with van der Waals surface area (Å²) in [6.07, 6.45) is 1.80. The monoisotopic (exact) mass is 276 g/mol. The Hall–Kier alpha value is -1.35. The molecule has 0 saturated heterocycles. The predicted molar refractivity (Wildman–Crippen MR) is 84.7 cm³/mol. The van der Waals surface area contributed by atoms with Crippen molar-refractivity contribution in [3.63, 3.8) is 0 Å². The Kier molecular flexibility index (Phi) is 6.73. The van der Waals surface area contributed by atoms with Gasteiger partial charge in [-0.05, 0) is 39.4 Å². The van der Waals surface area contributed by atoms with Crippen molar-refractivity contribution in [3.8, 4) is 0 Å². The summed E-state index contributed by atoms with van der Waals surface area (Å²) >= 11 is 0. The molecule has 1 amide bonds. The number of nitrogens with zero attached hydrogens (tertiary/aromatic N) is 1. The normalized spacial score (nSPS) is 12.8. The van der Waals surface area contributed by atoms with Crippen LogP contribution in [0.1, 0.15) is 43.9 Å². The maximum absolute atomic E-state index is 12.1. The fourth-order valence-electron chi connectivity index (χ4n) is 2.39. The minimum absolute atomic E-state index is 0.135. The van der Waals surface area contributed by atoms with Crippen LogP contribution >= 0.6 is 0 Å². The Labute approximate surface area is 123 Å². The van der Waals surface area contributed by atoms with Crippen LogP contribution in [0.25, 0.3) is 0 Å². The average Bonchev–Trinajstić information content (AvgIpc) is 2.42. The fraction of sp³-hybridized carbons (Fsp3) is 0.588. The van der Waals surface area contributed by atoms with Gasteiger partial charge in [-0.25, -0.2) is 0 Å². The van der Waals surface area contributed by atoms with Crippen LogP contribution in [0.4, 0.5) is 0 Å². The van der Waals surface area contributed by atoms with Gasteiger partial charge in [-0.15, -0.1) is 0 Å². The lowest BCUT2D eigenvalue weighted by Gasteiger charge is -2.26. The Morgan fingerprint density at radius 3 is 2.15 bits per heavy atom. The van der Waals surface area contributed by atoms with Crippen molar-refractivity contribution in [2.24, 2.45) is 5.92 Å². The second-order valence-electron chi connectivity index (χ2n) is 5.65. The van der Waals surface area contributed by atoms with Gasteiger partial charge in [-0.1, -0.05) is 43.7 Å². The zero-order valence-electron chi connectivity index (χ0n) is 13.4. The van der Waals surface area contributed by atoms with E-state index in [4.69, 9.17) is 0 Å². The fourth-order valence-corrected chi connectivity index (χ4v) is 2.39. The highest BCUT2D eigenvalue weighted by Crippen LogP contribution is 2.18. The molecule has 20 heavy (non-hydrogen) atoms. The Balaban J connectivity index is 2.69. The van der Waals surface area contributed by atoms with Crippen LogP contribution < -0.4 is 5.32 Å². The molecule has 1 aromatic carbocycles. The van der Waals surface area contributed by atoms with Crippen molar-refractivity contribution in [1.29, 1.82) is 0 Å². The van der Waals surface area contributed by atoms with E-state index in [0.717, 1.165) is 12.8 Å². The number of hydrogen-bond donors (Lipinski definition) is 1. The summed E-state index contributed by atoms with van der Waals surface area (Å²) in [4.78, 5) is 14.2. The molecule has 1 N–H and O–H groups in total. The van der Waals surface area contributed by atoms with Crippen LogP contribution in [0.5, 0.6) is 0 Å². The third-order valence-corrected chi connectivity index (χ3v) is 3.91. The van der Waals surface area contributed by atoms with Gasteiger partial charge in [0.1, 0.15) is 0 Å². The van der Waals surface area contributed by atoms with Crippen LogP contribution in [0.2, 0.25) is 0 Å². The number of amides is 1. The lowest BCUT2D eigenvalue weighted by atomic mass is 10.0. The van der Waals surface area contributed by atoms with Crippen LogP contribution in [-0.4, -0.2) is 31.4 Å². The summed E-state index contributed by atoms with van der Waals surface area (Å²) in [6, 6.07) is 8.74. The third-order valence-electron chi connectivity index (χ3n) is 3.91. The summed E-state index contributed by atoms with van der Waals surface area (Å²) in [5.74, 6) is 0.310. The van der Waals surface area contributed by atoms with E-state index in [2.05, 4.69) is 55.3 Å². The zero-order valence-corrected chi connectivity index (χ0v) is 13.4. The summed E-state index contributed by atoms with van der Waals surface area (Å²) in [5, 5.41) is 3.10. The van der Waals surface area contributed by atoms with Crippen molar-refractivity contribution in [2.75, 3.05) is 20.6 Å². The van der Waals surface area contributed by atoms with E-state index in [1.807, 2.05) is 14.1 Å². The number of likely N-dealkylation sites (N-methyl/N-ethyl adjacent to an activating group) is 1. The highest BCUT2D eigenvalue weighted by atomic mass is 16.1. The first kappa shape index (κ1) is 16.7. The molecular weight excluding hydrogens is 248 g/mol. The molecule has 1 aromatic rings. The third kappa shape index (κ3) is 4.64. The average molecular weight is 276 g/mol. The molecule has 0 aliphatic carbocycles. The second kappa shape index (κ2) is 8.05. The van der Waals surface area contributed by atoms with E-state index in [-0.39, 0.29) is 17.9 Å². The molecule has 3 heteroatoms. The number of benzene rings is 1. The molecule has 0 spiro atoms. The first-order valence-corrected chi connectivity index (χ1v) is 7.50. The standard InChI is InChI=1S/C17H28N2O/c1-6-14(7-2)17(20)18-12-16(19(4)5)15-10-8-13(3)9-11-15/h8-11,14,16H,6-7,12H2,1-5H3,(H,18,20). The minimum Gasteiger partial charge on any atom is -0.354 e. The number of nitrogens with one attached hydrogen (secondary N) is 1. The van der Waals surface area contributed by atoms with Crippen molar-refractivity contribution in [2.45, 2.75) is 39.7 Å².